The van der Waals surface area contributed by atoms with Crippen molar-refractivity contribution in [3.05, 3.63) is 0 Å². The summed E-state index contributed by atoms with van der Waals surface area (Å²) in [6.07, 6.45) is 0. The zero-order valence-electron chi connectivity index (χ0n) is 9.59. The third-order valence-electron chi connectivity index (χ3n) is 2.26. The van der Waals surface area contributed by atoms with Crippen molar-refractivity contribution < 1.29 is 0 Å². The molecule has 0 heterocycles. The molecule has 0 atom stereocenters. The number of hydrogen-bond acceptors (Lipinski definition) is 4. The summed E-state index contributed by atoms with van der Waals surface area (Å²) in [5.74, 6) is 0. The molecular formula is C8H24N4Si. The lowest BCUT2D eigenvalue weighted by Gasteiger charge is -2.37. The Balaban J connectivity index is 4.26. The summed E-state index contributed by atoms with van der Waals surface area (Å²) in [6, 6.07) is 0. The Bertz CT molecular complexity index is 103. The quantitative estimate of drug-likeness (QED) is 0.441. The summed E-state index contributed by atoms with van der Waals surface area (Å²) >= 11 is 0. The minimum atomic E-state index is -1.14. The molecule has 4 nitrogen and oxygen atoms in total. The molecule has 0 aliphatic heterocycles. The molecule has 0 unspecified atom stereocenters. The molecule has 0 spiro atoms. The van der Waals surface area contributed by atoms with Crippen molar-refractivity contribution in [2.24, 2.45) is 0 Å². The number of rotatable bonds is 7. The zero-order valence-corrected chi connectivity index (χ0v) is 10.7. The van der Waals surface area contributed by atoms with Gasteiger partial charge >= 0.3 is 0 Å². The van der Waals surface area contributed by atoms with Gasteiger partial charge in [0.1, 0.15) is 0 Å². The number of hydrazine groups is 1. The molecule has 0 fully saturated rings. The fourth-order valence-corrected chi connectivity index (χ4v) is 3.48. The first-order valence-electron chi connectivity index (χ1n) is 5.11. The van der Waals surface area contributed by atoms with Crippen LogP contribution in [0.4, 0.5) is 0 Å². The van der Waals surface area contributed by atoms with Crippen LogP contribution in [0.15, 0.2) is 0 Å². The first kappa shape index (κ1) is 13.1. The predicted molar refractivity (Wildman–Crippen MR) is 60.6 cm³/mol. The molecule has 0 aromatic heterocycles. The second kappa shape index (κ2) is 7.46. The summed E-state index contributed by atoms with van der Waals surface area (Å²) < 4.78 is 2.43. The van der Waals surface area contributed by atoms with Crippen LogP contribution in [-0.2, 0) is 0 Å². The average molecular weight is 204 g/mol. The highest BCUT2D eigenvalue weighted by Crippen LogP contribution is 1.97. The van der Waals surface area contributed by atoms with Crippen LogP contribution in [-0.4, -0.2) is 52.7 Å². The van der Waals surface area contributed by atoms with Crippen molar-refractivity contribution >= 4 is 9.28 Å². The highest BCUT2D eigenvalue weighted by atomic mass is 28.3. The lowest BCUT2D eigenvalue weighted by Crippen LogP contribution is -2.63. The SMILES string of the molecule is CCN(CC)N(CC)[SiH](NC)NC. The van der Waals surface area contributed by atoms with Gasteiger partial charge in [0.05, 0.1) is 0 Å². The van der Waals surface area contributed by atoms with Crippen LogP contribution < -0.4 is 9.96 Å². The van der Waals surface area contributed by atoms with Gasteiger partial charge in [-0.25, -0.2) is 9.68 Å². The van der Waals surface area contributed by atoms with Gasteiger partial charge in [0.2, 0.25) is 0 Å². The Morgan fingerprint density at radius 3 is 1.62 bits per heavy atom. The Hall–Kier alpha value is 0.0569. The zero-order chi connectivity index (χ0) is 10.3. The molecule has 5 heteroatoms. The molecule has 0 radical (unpaired) electrons. The van der Waals surface area contributed by atoms with Crippen molar-refractivity contribution in [3.8, 4) is 0 Å². The Morgan fingerprint density at radius 2 is 1.38 bits per heavy atom. The number of hydrogen-bond donors (Lipinski definition) is 2. The highest BCUT2D eigenvalue weighted by molar-refractivity contribution is 6.49. The maximum atomic E-state index is 3.36. The highest BCUT2D eigenvalue weighted by Gasteiger charge is 2.20. The Labute approximate surface area is 84.1 Å². The minimum Gasteiger partial charge on any atom is -0.318 e. The van der Waals surface area contributed by atoms with E-state index in [9.17, 15) is 0 Å². The van der Waals surface area contributed by atoms with Crippen LogP contribution in [0.5, 0.6) is 0 Å². The van der Waals surface area contributed by atoms with Gasteiger partial charge in [0.15, 0.2) is 0 Å². The molecule has 0 aliphatic rings. The standard InChI is InChI=1S/C8H24N4Si/c1-6-11(7-2)12(8-3)13(9-4)10-5/h9-10,13H,6-8H2,1-5H3. The molecule has 0 aromatic rings. The second-order valence-electron chi connectivity index (χ2n) is 2.87. The van der Waals surface area contributed by atoms with E-state index in [0.29, 0.717) is 0 Å². The number of nitrogens with one attached hydrogen (secondary N) is 2. The third-order valence-corrected chi connectivity index (χ3v) is 4.64. The predicted octanol–water partition coefficient (Wildman–Crippen LogP) is -0.279. The van der Waals surface area contributed by atoms with Crippen LogP contribution >= 0.6 is 0 Å². The van der Waals surface area contributed by atoms with Gasteiger partial charge in [0, 0.05) is 19.6 Å². The molecule has 13 heavy (non-hydrogen) atoms. The summed E-state index contributed by atoms with van der Waals surface area (Å²) in [5.41, 5.74) is 0. The van der Waals surface area contributed by atoms with Gasteiger partial charge in [0.25, 0.3) is 9.28 Å². The van der Waals surface area contributed by atoms with E-state index in [-0.39, 0.29) is 0 Å². The number of nitrogens with zero attached hydrogens (tertiary/aromatic N) is 2. The first-order chi connectivity index (χ1) is 6.24. The molecule has 0 bridgehead atoms. The van der Waals surface area contributed by atoms with E-state index >= 15 is 0 Å². The van der Waals surface area contributed by atoms with Crippen molar-refractivity contribution in [2.75, 3.05) is 33.7 Å². The van der Waals surface area contributed by atoms with E-state index in [0.717, 1.165) is 19.6 Å². The largest absolute Gasteiger partial charge is 0.318 e. The van der Waals surface area contributed by atoms with Gasteiger partial charge in [-0.3, -0.25) is 0 Å². The molecule has 0 aliphatic carbocycles. The van der Waals surface area contributed by atoms with E-state index < -0.39 is 9.28 Å². The Morgan fingerprint density at radius 1 is 0.923 bits per heavy atom. The lowest BCUT2D eigenvalue weighted by molar-refractivity contribution is 0.0656. The van der Waals surface area contributed by atoms with Crippen molar-refractivity contribution in [3.63, 3.8) is 0 Å². The Kier molecular flexibility index (Phi) is 7.49. The topological polar surface area (TPSA) is 30.5 Å². The lowest BCUT2D eigenvalue weighted by atomic mass is 10.6. The molecule has 0 saturated heterocycles. The molecule has 2 N–H and O–H groups in total. The fraction of sp³-hybridized carbons (Fsp3) is 1.00. The molecule has 0 rings (SSSR count). The van der Waals surface area contributed by atoms with Crippen molar-refractivity contribution in [1.82, 2.24) is 19.6 Å². The normalized spacial score (nSPS) is 12.0. The van der Waals surface area contributed by atoms with Crippen LogP contribution in [0.1, 0.15) is 20.8 Å². The summed E-state index contributed by atoms with van der Waals surface area (Å²) in [5, 5.41) is 2.38. The van der Waals surface area contributed by atoms with Crippen molar-refractivity contribution in [2.45, 2.75) is 20.8 Å². The summed E-state index contributed by atoms with van der Waals surface area (Å²) in [6.45, 7) is 9.83. The maximum Gasteiger partial charge on any atom is 0.280 e. The third kappa shape index (κ3) is 3.74. The second-order valence-corrected chi connectivity index (χ2v) is 5.43. The molecule has 80 valence electrons. The molecule has 0 amide bonds. The van der Waals surface area contributed by atoms with Crippen LogP contribution in [0, 0.1) is 0 Å². The van der Waals surface area contributed by atoms with Crippen LogP contribution in [0.25, 0.3) is 0 Å². The first-order valence-corrected chi connectivity index (χ1v) is 6.78. The summed E-state index contributed by atoms with van der Waals surface area (Å²) in [7, 11) is 2.91. The van der Waals surface area contributed by atoms with Crippen LogP contribution in [0.3, 0.4) is 0 Å². The molecule has 0 saturated carbocycles. The monoisotopic (exact) mass is 204 g/mol. The van der Waals surface area contributed by atoms with E-state index in [1.54, 1.807) is 0 Å². The van der Waals surface area contributed by atoms with Gasteiger partial charge in [-0.15, -0.1) is 0 Å². The van der Waals surface area contributed by atoms with E-state index in [1.165, 1.54) is 0 Å². The van der Waals surface area contributed by atoms with Crippen molar-refractivity contribution in [1.29, 1.82) is 0 Å². The molecule has 0 aromatic carbocycles. The minimum absolute atomic E-state index is 1.07. The van der Waals surface area contributed by atoms with Gasteiger partial charge in [-0.05, 0) is 14.1 Å². The smallest absolute Gasteiger partial charge is 0.280 e. The van der Waals surface area contributed by atoms with E-state index in [1.807, 2.05) is 14.1 Å². The van der Waals surface area contributed by atoms with Gasteiger partial charge < -0.3 is 9.96 Å². The molecular weight excluding hydrogens is 180 g/mol. The van der Waals surface area contributed by atoms with E-state index in [4.69, 9.17) is 0 Å². The average Bonchev–Trinajstić information content (AvgIpc) is 2.18. The van der Waals surface area contributed by atoms with Gasteiger partial charge in [-0.1, -0.05) is 20.8 Å². The fourth-order valence-electron chi connectivity index (χ4n) is 1.58. The van der Waals surface area contributed by atoms with Crippen LogP contribution in [0.2, 0.25) is 0 Å². The maximum absolute atomic E-state index is 3.36. The summed E-state index contributed by atoms with van der Waals surface area (Å²) in [4.78, 5) is 6.73. The van der Waals surface area contributed by atoms with E-state index in [2.05, 4.69) is 40.4 Å². The van der Waals surface area contributed by atoms with Gasteiger partial charge in [-0.2, -0.15) is 0 Å².